The summed E-state index contributed by atoms with van der Waals surface area (Å²) in [5.41, 5.74) is 9.19. The van der Waals surface area contributed by atoms with Crippen molar-refractivity contribution in [3.63, 3.8) is 0 Å². The molecule has 0 saturated carbocycles. The molecular weight excluding hydrogens is 238 g/mol. The zero-order valence-corrected chi connectivity index (χ0v) is 10.5. The lowest BCUT2D eigenvalue weighted by Gasteiger charge is -2.25. The molecule has 0 aromatic rings. The number of rotatable bonds is 0. The summed E-state index contributed by atoms with van der Waals surface area (Å²) in [6.45, 7) is 1.93. The second kappa shape index (κ2) is 4.28. The van der Waals surface area contributed by atoms with Crippen LogP contribution in [0.15, 0.2) is 62.6 Å². The molecule has 1 atom stereocenters. The smallest absolute Gasteiger partial charge is 0.253 e. The molecule has 0 amide bonds. The number of hydrogen-bond donors (Lipinski definition) is 2. The molecule has 1 heterocycles. The van der Waals surface area contributed by atoms with Crippen LogP contribution in [0.25, 0.3) is 0 Å². The van der Waals surface area contributed by atoms with Crippen molar-refractivity contribution in [2.45, 2.75) is 6.92 Å². The first kappa shape index (κ1) is 11.5. The van der Waals surface area contributed by atoms with Gasteiger partial charge in [0.05, 0.1) is 11.4 Å². The fourth-order valence-electron chi connectivity index (χ4n) is 2.39. The Morgan fingerprint density at radius 3 is 2.89 bits per heavy atom. The van der Waals surface area contributed by atoms with Gasteiger partial charge in [-0.15, -0.1) is 0 Å². The molecule has 5 nitrogen and oxygen atoms in total. The second-order valence-electron chi connectivity index (χ2n) is 4.45. The molecule has 2 aliphatic carbocycles. The van der Waals surface area contributed by atoms with Crippen molar-refractivity contribution in [3.05, 3.63) is 47.6 Å². The van der Waals surface area contributed by atoms with Crippen LogP contribution >= 0.6 is 0 Å². The maximum atomic E-state index is 7.18. The predicted octanol–water partition coefficient (Wildman–Crippen LogP) is 1.76. The van der Waals surface area contributed by atoms with E-state index in [0.717, 1.165) is 17.0 Å². The number of nitrogens with one attached hydrogen (secondary N) is 1. The van der Waals surface area contributed by atoms with Crippen LogP contribution in [0.5, 0.6) is 0 Å². The monoisotopic (exact) mass is 251 g/mol. The number of hydrogen-bond acceptors (Lipinski definition) is 1. The Hall–Kier alpha value is -2.56. The van der Waals surface area contributed by atoms with Crippen molar-refractivity contribution < 1.29 is 0 Å². The molecule has 0 spiro atoms. The Morgan fingerprint density at radius 1 is 1.26 bits per heavy atom. The third-order valence-electron chi connectivity index (χ3n) is 3.14. The number of nitrogens with two attached hydrogens (primary N) is 1. The van der Waals surface area contributed by atoms with Crippen molar-refractivity contribution in [2.24, 2.45) is 26.6 Å². The molecule has 0 aromatic carbocycles. The maximum Gasteiger partial charge on any atom is 0.253 e. The Labute approximate surface area is 110 Å². The van der Waals surface area contributed by atoms with Crippen LogP contribution in [-0.4, -0.2) is 23.3 Å². The lowest BCUT2D eigenvalue weighted by Crippen LogP contribution is -2.24. The first-order chi connectivity index (χ1) is 9.15. The minimum absolute atomic E-state index is 0.239. The van der Waals surface area contributed by atoms with Gasteiger partial charge in [0.2, 0.25) is 5.96 Å². The van der Waals surface area contributed by atoms with E-state index in [9.17, 15) is 0 Å². The van der Waals surface area contributed by atoms with E-state index in [-0.39, 0.29) is 17.8 Å². The molecule has 94 valence electrons. The average molecular weight is 251 g/mol. The molecule has 3 N–H and O–H groups in total. The molecule has 3 aliphatic rings. The van der Waals surface area contributed by atoms with E-state index in [2.05, 4.69) is 33.2 Å². The van der Waals surface area contributed by atoms with Gasteiger partial charge < -0.3 is 5.73 Å². The third-order valence-corrected chi connectivity index (χ3v) is 3.14. The van der Waals surface area contributed by atoms with E-state index in [4.69, 9.17) is 11.1 Å². The SMILES string of the molecule is CC1=N/C(=N\C(=N)N)N=C2C=CC3C=CC=CC3=C12. The summed E-state index contributed by atoms with van der Waals surface area (Å²) in [4.78, 5) is 12.4. The number of allylic oxidation sites excluding steroid dienone is 8. The van der Waals surface area contributed by atoms with E-state index < -0.39 is 0 Å². The van der Waals surface area contributed by atoms with Crippen LogP contribution < -0.4 is 5.73 Å². The highest BCUT2D eigenvalue weighted by atomic mass is 15.1. The van der Waals surface area contributed by atoms with Crippen LogP contribution in [-0.2, 0) is 0 Å². The molecule has 5 heteroatoms. The Balaban J connectivity index is 2.12. The Kier molecular flexibility index (Phi) is 2.59. The van der Waals surface area contributed by atoms with Crippen molar-refractivity contribution >= 4 is 23.3 Å². The van der Waals surface area contributed by atoms with E-state index in [0.29, 0.717) is 0 Å². The molecule has 0 saturated heterocycles. The zero-order chi connectivity index (χ0) is 13.4. The fraction of sp³-hybridized carbons (Fsp3) is 0.143. The van der Waals surface area contributed by atoms with Gasteiger partial charge in [-0.2, -0.15) is 4.99 Å². The lowest BCUT2D eigenvalue weighted by atomic mass is 9.82. The molecule has 1 unspecified atom stereocenters. The highest BCUT2D eigenvalue weighted by Gasteiger charge is 2.25. The predicted molar refractivity (Wildman–Crippen MR) is 77.8 cm³/mol. The average Bonchev–Trinajstić information content (AvgIpc) is 2.37. The van der Waals surface area contributed by atoms with Gasteiger partial charge >= 0.3 is 0 Å². The van der Waals surface area contributed by atoms with Crippen LogP contribution in [0, 0.1) is 11.3 Å². The third kappa shape index (κ3) is 1.99. The van der Waals surface area contributed by atoms with Crippen LogP contribution in [0.4, 0.5) is 0 Å². The summed E-state index contributed by atoms with van der Waals surface area (Å²) in [5, 5.41) is 7.18. The molecule has 1 aliphatic heterocycles. The first-order valence-electron chi connectivity index (χ1n) is 6.00. The minimum atomic E-state index is -0.287. The molecule has 0 fully saturated rings. The first-order valence-corrected chi connectivity index (χ1v) is 6.00. The summed E-state index contributed by atoms with van der Waals surface area (Å²) in [6.07, 6.45) is 12.4. The molecule has 19 heavy (non-hydrogen) atoms. The van der Waals surface area contributed by atoms with E-state index in [1.54, 1.807) is 0 Å². The second-order valence-corrected chi connectivity index (χ2v) is 4.45. The van der Waals surface area contributed by atoms with Gasteiger partial charge in [-0.3, -0.25) is 5.41 Å². The van der Waals surface area contributed by atoms with Crippen LogP contribution in [0.3, 0.4) is 0 Å². The van der Waals surface area contributed by atoms with Gasteiger partial charge in [0.15, 0.2) is 0 Å². The van der Waals surface area contributed by atoms with Crippen LogP contribution in [0.2, 0.25) is 0 Å². The Morgan fingerprint density at radius 2 is 2.11 bits per heavy atom. The number of nitrogens with zero attached hydrogens (tertiary/aromatic N) is 3. The maximum absolute atomic E-state index is 7.18. The summed E-state index contributed by atoms with van der Waals surface area (Å²) in [7, 11) is 0. The Bertz CT molecular complexity index is 668. The highest BCUT2D eigenvalue weighted by Crippen LogP contribution is 2.30. The standard InChI is InChI=1S/C14H13N5/c1-8-12-10-5-3-2-4-9(10)6-7-11(12)18-14(17-8)19-13(15)16/h2-7,9H,1H3,(H3,15,16)/b19-14+. The summed E-state index contributed by atoms with van der Waals surface area (Å²) >= 11 is 0. The largest absolute Gasteiger partial charge is 0.368 e. The van der Waals surface area contributed by atoms with Gasteiger partial charge in [-0.05, 0) is 18.6 Å². The topological polar surface area (TPSA) is 87.0 Å². The van der Waals surface area contributed by atoms with Crippen LogP contribution in [0.1, 0.15) is 6.92 Å². The number of fused-ring (bicyclic) bond motifs is 2. The molecule has 0 aromatic heterocycles. The summed E-state index contributed by atoms with van der Waals surface area (Å²) in [5.74, 6) is 0.239. The zero-order valence-electron chi connectivity index (χ0n) is 10.5. The molecular formula is C14H13N5. The van der Waals surface area contributed by atoms with Gasteiger partial charge in [-0.25, -0.2) is 9.98 Å². The normalized spacial score (nSPS) is 25.9. The highest BCUT2D eigenvalue weighted by molar-refractivity contribution is 6.35. The van der Waals surface area contributed by atoms with Crippen molar-refractivity contribution in [1.82, 2.24) is 0 Å². The minimum Gasteiger partial charge on any atom is -0.368 e. The summed E-state index contributed by atoms with van der Waals surface area (Å²) < 4.78 is 0. The van der Waals surface area contributed by atoms with E-state index in [1.807, 2.05) is 25.2 Å². The molecule has 3 rings (SSSR count). The number of aliphatic imine (C=N–C) groups is 3. The quantitative estimate of drug-likeness (QED) is 0.498. The fourth-order valence-corrected chi connectivity index (χ4v) is 2.39. The van der Waals surface area contributed by atoms with E-state index >= 15 is 0 Å². The molecule has 0 bridgehead atoms. The van der Waals surface area contributed by atoms with Crippen molar-refractivity contribution in [1.29, 1.82) is 5.41 Å². The van der Waals surface area contributed by atoms with Gasteiger partial charge in [0, 0.05) is 11.5 Å². The van der Waals surface area contributed by atoms with Gasteiger partial charge in [-0.1, -0.05) is 30.4 Å². The molecule has 0 radical (unpaired) electrons. The van der Waals surface area contributed by atoms with Gasteiger partial charge in [0.1, 0.15) is 0 Å². The summed E-state index contributed by atoms with van der Waals surface area (Å²) in [6, 6.07) is 0. The number of guanidine groups is 2. The van der Waals surface area contributed by atoms with Gasteiger partial charge in [0.25, 0.3) is 5.96 Å². The van der Waals surface area contributed by atoms with Crippen molar-refractivity contribution in [3.8, 4) is 0 Å². The van der Waals surface area contributed by atoms with Crippen molar-refractivity contribution in [2.75, 3.05) is 0 Å². The lowest BCUT2D eigenvalue weighted by molar-refractivity contribution is 0.981. The van der Waals surface area contributed by atoms with E-state index in [1.165, 1.54) is 5.57 Å².